The molecule has 184 valence electrons. The van der Waals surface area contributed by atoms with Gasteiger partial charge in [0, 0.05) is 17.5 Å². The fourth-order valence-corrected chi connectivity index (χ4v) is 5.69. The molecular weight excluding hydrogens is 485 g/mol. The Morgan fingerprint density at radius 3 is 2.58 bits per heavy atom. The summed E-state index contributed by atoms with van der Waals surface area (Å²) in [5.74, 6) is -0.484. The first-order chi connectivity index (χ1) is 17.2. The van der Waals surface area contributed by atoms with Crippen LogP contribution in [0, 0.1) is 0 Å². The van der Waals surface area contributed by atoms with Gasteiger partial charge in [0.1, 0.15) is 0 Å². The molecule has 1 N–H and O–H groups in total. The number of nitrogens with zero attached hydrogens (tertiary/aromatic N) is 1. The maximum atomic E-state index is 13.1. The molecule has 4 nitrogen and oxygen atoms in total. The van der Waals surface area contributed by atoms with Gasteiger partial charge in [-0.15, -0.1) is 0 Å². The second kappa shape index (κ2) is 9.50. The Hall–Kier alpha value is -3.52. The molecule has 0 aromatic heterocycles. The highest BCUT2D eigenvalue weighted by Gasteiger charge is 2.31. The van der Waals surface area contributed by atoms with E-state index in [1.807, 2.05) is 12.1 Å². The summed E-state index contributed by atoms with van der Waals surface area (Å²) in [7, 11) is 1.63. The zero-order chi connectivity index (χ0) is 25.4. The van der Waals surface area contributed by atoms with Gasteiger partial charge in [-0.05, 0) is 72.4 Å². The van der Waals surface area contributed by atoms with Crippen molar-refractivity contribution in [2.24, 2.45) is 0 Å². The molecule has 8 heteroatoms. The summed E-state index contributed by atoms with van der Waals surface area (Å²) in [4.78, 5) is 28.7. The Balaban J connectivity index is 1.35. The van der Waals surface area contributed by atoms with E-state index in [1.54, 1.807) is 31.3 Å². The van der Waals surface area contributed by atoms with Crippen LogP contribution in [0.3, 0.4) is 0 Å². The first-order valence-electron chi connectivity index (χ1n) is 11.6. The molecule has 1 heterocycles. The summed E-state index contributed by atoms with van der Waals surface area (Å²) in [6.07, 6.45) is 0.0558. The van der Waals surface area contributed by atoms with Crippen LogP contribution in [0.25, 0.3) is 6.08 Å². The van der Waals surface area contributed by atoms with E-state index in [0.717, 1.165) is 41.9 Å². The molecule has 5 rings (SSSR count). The lowest BCUT2D eigenvalue weighted by Gasteiger charge is -2.28. The Bertz CT molecular complexity index is 1370. The molecular formula is C28H23F3N2O2S. The molecule has 0 saturated heterocycles. The quantitative estimate of drug-likeness (QED) is 0.405. The SMILES string of the molecule is CN1C(=O)C(=Cc2ccc(C(F)(F)F)cc2)Sc2ccc(C(=O)NC3CCCc4ccccc43)cc21. The summed E-state index contributed by atoms with van der Waals surface area (Å²) < 4.78 is 38.5. The van der Waals surface area contributed by atoms with Crippen LogP contribution in [-0.4, -0.2) is 18.9 Å². The molecule has 3 aromatic rings. The number of fused-ring (bicyclic) bond motifs is 2. The number of hydrogen-bond donors (Lipinski definition) is 1. The first-order valence-corrected chi connectivity index (χ1v) is 12.4. The number of benzene rings is 3. The number of likely N-dealkylation sites (N-methyl/N-ethyl adjacent to an activating group) is 1. The van der Waals surface area contributed by atoms with Crippen molar-refractivity contribution in [1.29, 1.82) is 0 Å². The third kappa shape index (κ3) is 4.78. The number of carbonyl (C=O) groups is 2. The van der Waals surface area contributed by atoms with Crippen LogP contribution < -0.4 is 10.2 Å². The van der Waals surface area contributed by atoms with Crippen LogP contribution in [0.1, 0.15) is 51.5 Å². The molecule has 2 amide bonds. The van der Waals surface area contributed by atoms with Gasteiger partial charge in [-0.1, -0.05) is 48.2 Å². The molecule has 0 spiro atoms. The van der Waals surface area contributed by atoms with Gasteiger partial charge in [0.25, 0.3) is 11.8 Å². The highest BCUT2D eigenvalue weighted by atomic mass is 32.2. The van der Waals surface area contributed by atoms with E-state index in [0.29, 0.717) is 21.7 Å². The van der Waals surface area contributed by atoms with Crippen molar-refractivity contribution in [2.45, 2.75) is 36.4 Å². The Labute approximate surface area is 211 Å². The van der Waals surface area contributed by atoms with Crippen LogP contribution in [-0.2, 0) is 17.4 Å². The fraction of sp³-hybridized carbons (Fsp3) is 0.214. The van der Waals surface area contributed by atoms with E-state index in [4.69, 9.17) is 0 Å². The molecule has 0 fully saturated rings. The van der Waals surface area contributed by atoms with Crippen molar-refractivity contribution < 1.29 is 22.8 Å². The molecule has 0 bridgehead atoms. The van der Waals surface area contributed by atoms with Gasteiger partial charge >= 0.3 is 6.18 Å². The van der Waals surface area contributed by atoms with Crippen molar-refractivity contribution in [3.8, 4) is 0 Å². The molecule has 0 radical (unpaired) electrons. The predicted octanol–water partition coefficient (Wildman–Crippen LogP) is 6.62. The van der Waals surface area contributed by atoms with E-state index in [1.165, 1.54) is 34.4 Å². The fourth-order valence-electron chi connectivity index (χ4n) is 4.60. The topological polar surface area (TPSA) is 49.4 Å². The largest absolute Gasteiger partial charge is 0.416 e. The summed E-state index contributed by atoms with van der Waals surface area (Å²) in [6.45, 7) is 0. The molecule has 2 aliphatic rings. The first kappa shape index (κ1) is 24.2. The van der Waals surface area contributed by atoms with E-state index >= 15 is 0 Å². The van der Waals surface area contributed by atoms with Crippen molar-refractivity contribution in [2.75, 3.05) is 11.9 Å². The maximum absolute atomic E-state index is 13.1. The number of aryl methyl sites for hydroxylation is 1. The second-order valence-electron chi connectivity index (χ2n) is 8.89. The van der Waals surface area contributed by atoms with Gasteiger partial charge in [-0.25, -0.2) is 0 Å². The standard InChI is InChI=1S/C28H23F3N2O2S/c1-33-23-16-19(26(34)32-22-8-4-6-18-5-2-3-7-21(18)22)11-14-24(23)36-25(27(33)35)15-17-9-12-20(13-10-17)28(29,30)31/h2-3,5,7,9-16,22H,4,6,8H2,1H3,(H,32,34). The number of nitrogens with one attached hydrogen (secondary N) is 1. The smallest absolute Gasteiger partial charge is 0.345 e. The molecule has 3 aromatic carbocycles. The molecule has 1 aliphatic carbocycles. The minimum absolute atomic E-state index is 0.0505. The number of hydrogen-bond acceptors (Lipinski definition) is 3. The highest BCUT2D eigenvalue weighted by molar-refractivity contribution is 8.04. The minimum atomic E-state index is -4.41. The number of carbonyl (C=O) groups excluding carboxylic acids is 2. The second-order valence-corrected chi connectivity index (χ2v) is 9.98. The Morgan fingerprint density at radius 1 is 1.08 bits per heavy atom. The predicted molar refractivity (Wildman–Crippen MR) is 135 cm³/mol. The molecule has 1 aliphatic heterocycles. The van der Waals surface area contributed by atoms with Crippen LogP contribution in [0.15, 0.2) is 76.5 Å². The van der Waals surface area contributed by atoms with E-state index in [2.05, 4.69) is 17.4 Å². The van der Waals surface area contributed by atoms with Crippen LogP contribution in [0.2, 0.25) is 0 Å². The number of rotatable bonds is 3. The summed E-state index contributed by atoms with van der Waals surface area (Å²) in [6, 6.07) is 18.0. The zero-order valence-corrected chi connectivity index (χ0v) is 20.2. The minimum Gasteiger partial charge on any atom is -0.345 e. The van der Waals surface area contributed by atoms with Gasteiger partial charge in [0.2, 0.25) is 0 Å². The third-order valence-electron chi connectivity index (χ3n) is 6.53. The van der Waals surface area contributed by atoms with Gasteiger partial charge in [-0.3, -0.25) is 9.59 Å². The lowest BCUT2D eigenvalue weighted by molar-refractivity contribution is -0.137. The van der Waals surface area contributed by atoms with Crippen molar-refractivity contribution in [3.05, 3.63) is 99.5 Å². The van der Waals surface area contributed by atoms with Crippen molar-refractivity contribution >= 4 is 35.3 Å². The Kier molecular flexibility index (Phi) is 6.38. The van der Waals surface area contributed by atoms with Gasteiger partial charge in [0.05, 0.1) is 22.2 Å². The van der Waals surface area contributed by atoms with Crippen LogP contribution >= 0.6 is 11.8 Å². The van der Waals surface area contributed by atoms with Gasteiger partial charge in [0.15, 0.2) is 0 Å². The number of halogens is 3. The molecule has 1 atom stereocenters. The van der Waals surface area contributed by atoms with Crippen molar-refractivity contribution in [1.82, 2.24) is 5.32 Å². The zero-order valence-electron chi connectivity index (χ0n) is 19.4. The highest BCUT2D eigenvalue weighted by Crippen LogP contribution is 2.42. The number of thioether (sulfide) groups is 1. The lowest BCUT2D eigenvalue weighted by Crippen LogP contribution is -2.32. The molecule has 36 heavy (non-hydrogen) atoms. The normalized spacial score (nSPS) is 18.6. The maximum Gasteiger partial charge on any atom is 0.416 e. The molecule has 0 saturated carbocycles. The number of anilines is 1. The van der Waals surface area contributed by atoms with Gasteiger partial charge < -0.3 is 10.2 Å². The summed E-state index contributed by atoms with van der Waals surface area (Å²) in [5, 5.41) is 3.14. The van der Waals surface area contributed by atoms with Crippen LogP contribution in [0.5, 0.6) is 0 Å². The average molecular weight is 509 g/mol. The van der Waals surface area contributed by atoms with Gasteiger partial charge in [-0.2, -0.15) is 13.2 Å². The van der Waals surface area contributed by atoms with E-state index in [9.17, 15) is 22.8 Å². The number of alkyl halides is 3. The third-order valence-corrected chi connectivity index (χ3v) is 7.61. The van der Waals surface area contributed by atoms with Crippen LogP contribution in [0.4, 0.5) is 18.9 Å². The Morgan fingerprint density at radius 2 is 1.83 bits per heavy atom. The molecule has 1 unspecified atom stereocenters. The summed E-state index contributed by atoms with van der Waals surface area (Å²) >= 11 is 1.24. The average Bonchev–Trinajstić information content (AvgIpc) is 2.87. The van der Waals surface area contributed by atoms with Crippen molar-refractivity contribution in [3.63, 3.8) is 0 Å². The van der Waals surface area contributed by atoms with E-state index < -0.39 is 11.7 Å². The monoisotopic (exact) mass is 508 g/mol. The van der Waals surface area contributed by atoms with E-state index in [-0.39, 0.29) is 17.9 Å². The lowest BCUT2D eigenvalue weighted by atomic mass is 9.87. The summed E-state index contributed by atoms with van der Waals surface area (Å²) in [5.41, 5.74) is 3.25. The number of amides is 2.